The summed E-state index contributed by atoms with van der Waals surface area (Å²) in [6.45, 7) is 1.64. The van der Waals surface area contributed by atoms with Crippen LogP contribution in [0, 0.1) is 17.0 Å². The van der Waals surface area contributed by atoms with Crippen molar-refractivity contribution in [1.29, 1.82) is 0 Å². The second-order valence-electron chi connectivity index (χ2n) is 6.50. The maximum absolute atomic E-state index is 12.6. The van der Waals surface area contributed by atoms with Crippen LogP contribution in [0.15, 0.2) is 80.8 Å². The minimum Gasteiger partial charge on any atom is -0.455 e. The molecule has 0 atom stereocenters. The molecule has 2 heterocycles. The van der Waals surface area contributed by atoms with Gasteiger partial charge in [-0.1, -0.05) is 47.6 Å². The first-order valence-electron chi connectivity index (χ1n) is 9.23. The zero-order valence-corrected chi connectivity index (χ0v) is 16.3. The van der Waals surface area contributed by atoms with Crippen LogP contribution >= 0.6 is 0 Å². The summed E-state index contributed by atoms with van der Waals surface area (Å²) in [6.07, 6.45) is 1.31. The van der Waals surface area contributed by atoms with Crippen molar-refractivity contribution in [3.8, 4) is 22.6 Å². The Kier molecular flexibility index (Phi) is 5.39. The topological polar surface area (TPSA) is 124 Å². The van der Waals surface area contributed by atoms with Crippen molar-refractivity contribution in [1.82, 2.24) is 10.6 Å². The molecular weight excluding hydrogens is 400 g/mol. The van der Waals surface area contributed by atoms with E-state index >= 15 is 0 Å². The fourth-order valence-corrected chi connectivity index (χ4v) is 3.05. The van der Waals surface area contributed by atoms with Gasteiger partial charge in [-0.15, -0.1) is 0 Å². The van der Waals surface area contributed by atoms with E-state index in [0.29, 0.717) is 28.5 Å². The zero-order valence-electron chi connectivity index (χ0n) is 16.3. The molecule has 4 aromatic rings. The number of benzene rings is 2. The lowest BCUT2D eigenvalue weighted by Crippen LogP contribution is -2.18. The lowest BCUT2D eigenvalue weighted by molar-refractivity contribution is -0.384. The Labute approximate surface area is 176 Å². The normalized spacial score (nSPS) is 11.0. The number of rotatable bonds is 6. The SMILES string of the molecule is Cc1onc(-c2ccccc2)c1C(=O)N/N=C\c1ccc(-c2ccccc2[N+](=O)[O-])o1. The minimum atomic E-state index is -0.487. The highest BCUT2D eigenvalue weighted by molar-refractivity contribution is 6.01. The highest BCUT2D eigenvalue weighted by Gasteiger charge is 2.21. The number of nitro benzene ring substituents is 1. The van der Waals surface area contributed by atoms with Gasteiger partial charge in [0.2, 0.25) is 0 Å². The second-order valence-corrected chi connectivity index (χ2v) is 6.50. The van der Waals surface area contributed by atoms with Crippen LogP contribution in [0.25, 0.3) is 22.6 Å². The van der Waals surface area contributed by atoms with Crippen molar-refractivity contribution in [3.05, 3.63) is 93.9 Å². The quantitative estimate of drug-likeness (QED) is 0.279. The van der Waals surface area contributed by atoms with Gasteiger partial charge in [0.25, 0.3) is 11.6 Å². The lowest BCUT2D eigenvalue weighted by Gasteiger charge is -2.01. The highest BCUT2D eigenvalue weighted by atomic mass is 16.6. The first kappa shape index (κ1) is 19.8. The number of aromatic nitrogens is 1. The van der Waals surface area contributed by atoms with Gasteiger partial charge >= 0.3 is 0 Å². The van der Waals surface area contributed by atoms with Gasteiger partial charge in [0, 0.05) is 11.6 Å². The van der Waals surface area contributed by atoms with Crippen LogP contribution in [0.5, 0.6) is 0 Å². The molecule has 154 valence electrons. The first-order valence-corrected chi connectivity index (χ1v) is 9.23. The summed E-state index contributed by atoms with van der Waals surface area (Å²) in [7, 11) is 0. The Morgan fingerprint density at radius 1 is 1.10 bits per heavy atom. The van der Waals surface area contributed by atoms with Crippen molar-refractivity contribution in [3.63, 3.8) is 0 Å². The molecule has 4 rings (SSSR count). The molecule has 0 aliphatic rings. The van der Waals surface area contributed by atoms with Gasteiger partial charge in [0.15, 0.2) is 0 Å². The number of carbonyl (C=O) groups is 1. The maximum atomic E-state index is 12.6. The molecule has 0 saturated heterocycles. The predicted octanol–water partition coefficient (Wildman–Crippen LogP) is 4.58. The number of aryl methyl sites for hydroxylation is 1. The van der Waals surface area contributed by atoms with Gasteiger partial charge < -0.3 is 8.94 Å². The van der Waals surface area contributed by atoms with Crippen LogP contribution in [0.3, 0.4) is 0 Å². The molecule has 1 N–H and O–H groups in total. The van der Waals surface area contributed by atoms with Crippen LogP contribution in [0.4, 0.5) is 5.69 Å². The standard InChI is InChI=1S/C22H16N4O5/c1-14-20(21(25-31-14)15-7-3-2-4-8-15)22(27)24-23-13-16-11-12-19(30-16)17-9-5-6-10-18(17)26(28)29/h2-13H,1H3,(H,24,27)/b23-13-. The molecule has 9 heteroatoms. The number of nitrogens with zero attached hydrogens (tertiary/aromatic N) is 3. The summed E-state index contributed by atoms with van der Waals surface area (Å²) in [5.41, 5.74) is 4.16. The average molecular weight is 416 g/mol. The summed E-state index contributed by atoms with van der Waals surface area (Å²) < 4.78 is 10.8. The third kappa shape index (κ3) is 4.10. The third-order valence-electron chi connectivity index (χ3n) is 4.49. The first-order chi connectivity index (χ1) is 15.0. The molecule has 0 bridgehead atoms. The van der Waals surface area contributed by atoms with Crippen molar-refractivity contribution in [2.45, 2.75) is 6.92 Å². The van der Waals surface area contributed by atoms with E-state index < -0.39 is 10.8 Å². The number of furan rings is 1. The molecule has 2 aromatic heterocycles. The summed E-state index contributed by atoms with van der Waals surface area (Å²) in [5, 5.41) is 19.1. The number of hydrazone groups is 1. The van der Waals surface area contributed by atoms with E-state index in [2.05, 4.69) is 15.7 Å². The maximum Gasteiger partial charge on any atom is 0.280 e. The van der Waals surface area contributed by atoms with E-state index in [4.69, 9.17) is 8.94 Å². The molecule has 9 nitrogen and oxygen atoms in total. The Morgan fingerprint density at radius 2 is 1.84 bits per heavy atom. The number of hydrogen-bond donors (Lipinski definition) is 1. The Morgan fingerprint density at radius 3 is 2.61 bits per heavy atom. The highest BCUT2D eigenvalue weighted by Crippen LogP contribution is 2.30. The Balaban J connectivity index is 1.51. The molecule has 2 aromatic carbocycles. The monoisotopic (exact) mass is 416 g/mol. The van der Waals surface area contributed by atoms with E-state index in [0.717, 1.165) is 5.56 Å². The summed E-state index contributed by atoms with van der Waals surface area (Å²) in [6, 6.07) is 18.7. The summed E-state index contributed by atoms with van der Waals surface area (Å²) in [4.78, 5) is 23.3. The zero-order chi connectivity index (χ0) is 21.8. The third-order valence-corrected chi connectivity index (χ3v) is 4.49. The average Bonchev–Trinajstić information content (AvgIpc) is 3.41. The van der Waals surface area contributed by atoms with E-state index in [-0.39, 0.29) is 11.3 Å². The number of nitro groups is 1. The smallest absolute Gasteiger partial charge is 0.280 e. The number of hydrogen-bond acceptors (Lipinski definition) is 7. The predicted molar refractivity (Wildman–Crippen MR) is 113 cm³/mol. The van der Waals surface area contributed by atoms with Gasteiger partial charge in [-0.3, -0.25) is 14.9 Å². The van der Waals surface area contributed by atoms with Crippen LogP contribution in [0.1, 0.15) is 21.9 Å². The van der Waals surface area contributed by atoms with Crippen LogP contribution in [-0.2, 0) is 0 Å². The van der Waals surface area contributed by atoms with Crippen molar-refractivity contribution in [2.75, 3.05) is 0 Å². The molecule has 0 unspecified atom stereocenters. The van der Waals surface area contributed by atoms with Crippen LogP contribution < -0.4 is 5.43 Å². The van der Waals surface area contributed by atoms with E-state index in [1.54, 1.807) is 37.3 Å². The molecule has 0 radical (unpaired) electrons. The van der Waals surface area contributed by atoms with Crippen LogP contribution in [-0.4, -0.2) is 22.2 Å². The van der Waals surface area contributed by atoms with Gasteiger partial charge in [-0.05, 0) is 25.1 Å². The molecule has 0 saturated carbocycles. The van der Waals surface area contributed by atoms with Crippen molar-refractivity contribution >= 4 is 17.8 Å². The molecular formula is C22H16N4O5. The van der Waals surface area contributed by atoms with E-state index in [1.165, 1.54) is 12.3 Å². The molecule has 0 fully saturated rings. The van der Waals surface area contributed by atoms with Gasteiger partial charge in [-0.2, -0.15) is 5.10 Å². The van der Waals surface area contributed by atoms with E-state index in [9.17, 15) is 14.9 Å². The largest absolute Gasteiger partial charge is 0.455 e. The van der Waals surface area contributed by atoms with Gasteiger partial charge in [0.05, 0.1) is 16.7 Å². The number of carbonyl (C=O) groups excluding carboxylic acids is 1. The van der Waals surface area contributed by atoms with Crippen molar-refractivity contribution < 1.29 is 18.7 Å². The summed E-state index contributed by atoms with van der Waals surface area (Å²) >= 11 is 0. The van der Waals surface area contributed by atoms with Gasteiger partial charge in [0.1, 0.15) is 28.5 Å². The molecule has 0 aliphatic carbocycles. The molecule has 1 amide bonds. The number of nitrogens with one attached hydrogen (secondary N) is 1. The number of para-hydroxylation sites is 1. The lowest BCUT2D eigenvalue weighted by atomic mass is 10.1. The number of amides is 1. The van der Waals surface area contributed by atoms with Crippen molar-refractivity contribution in [2.24, 2.45) is 5.10 Å². The van der Waals surface area contributed by atoms with Gasteiger partial charge in [-0.25, -0.2) is 5.43 Å². The molecule has 31 heavy (non-hydrogen) atoms. The van der Waals surface area contributed by atoms with Crippen LogP contribution in [0.2, 0.25) is 0 Å². The fourth-order valence-electron chi connectivity index (χ4n) is 3.05. The second kappa shape index (κ2) is 8.46. The fraction of sp³-hybridized carbons (Fsp3) is 0.0455. The summed E-state index contributed by atoms with van der Waals surface area (Å²) in [5.74, 6) is 0.516. The molecule has 0 aliphatic heterocycles. The van der Waals surface area contributed by atoms with E-state index in [1.807, 2.05) is 30.3 Å². The Hall–Kier alpha value is -4.53. The minimum absolute atomic E-state index is 0.0648. The molecule has 0 spiro atoms. The Bertz CT molecular complexity index is 1270.